The molecule has 5 nitrogen and oxygen atoms in total. The molecule has 25 heavy (non-hydrogen) atoms. The minimum Gasteiger partial charge on any atom is -0.406 e. The fourth-order valence-electron chi connectivity index (χ4n) is 3.59. The molecular formula is C19H21N3O2S. The molecule has 2 atom stereocenters. The van der Waals surface area contributed by atoms with Crippen LogP contribution in [0.15, 0.2) is 57.9 Å². The molecule has 0 bridgehead atoms. The van der Waals surface area contributed by atoms with Crippen molar-refractivity contribution in [3.63, 3.8) is 0 Å². The van der Waals surface area contributed by atoms with Gasteiger partial charge in [0, 0.05) is 42.9 Å². The van der Waals surface area contributed by atoms with Gasteiger partial charge in [-0.3, -0.25) is 9.47 Å². The van der Waals surface area contributed by atoms with Crippen molar-refractivity contribution in [1.29, 1.82) is 0 Å². The Kier molecular flexibility index (Phi) is 4.63. The van der Waals surface area contributed by atoms with Gasteiger partial charge in [0.15, 0.2) is 11.2 Å². The van der Waals surface area contributed by atoms with E-state index in [0.29, 0.717) is 29.1 Å². The Morgan fingerprint density at radius 1 is 1.20 bits per heavy atom. The summed E-state index contributed by atoms with van der Waals surface area (Å²) in [5.41, 5.74) is 2.52. The number of hydrogen-bond acceptors (Lipinski definition) is 5. The van der Waals surface area contributed by atoms with Crippen LogP contribution in [-0.4, -0.2) is 38.5 Å². The number of nitrogens with zero attached hydrogens (tertiary/aromatic N) is 3. The van der Waals surface area contributed by atoms with Gasteiger partial charge in [0.2, 0.25) is 0 Å². The van der Waals surface area contributed by atoms with Crippen molar-refractivity contribution in [3.8, 4) is 0 Å². The standard InChI is InChI=1S/C19H21N3O2S/c1-14-17(15-6-3-2-4-7-15)21(12-13-25-14)10-11-22-18-16(24-19(22)23)8-5-9-20-18/h2-9,14,17H,10-13H2,1H3. The maximum absolute atomic E-state index is 12.2. The number of benzene rings is 1. The van der Waals surface area contributed by atoms with Gasteiger partial charge in [-0.25, -0.2) is 9.78 Å². The van der Waals surface area contributed by atoms with E-state index >= 15 is 0 Å². The molecule has 6 heteroatoms. The summed E-state index contributed by atoms with van der Waals surface area (Å²) in [6, 6.07) is 14.6. The van der Waals surface area contributed by atoms with Gasteiger partial charge in [-0.2, -0.15) is 11.8 Å². The molecule has 1 aliphatic heterocycles. The molecule has 1 saturated heterocycles. The molecule has 0 spiro atoms. The summed E-state index contributed by atoms with van der Waals surface area (Å²) in [6.07, 6.45) is 1.69. The maximum atomic E-state index is 12.2. The molecule has 1 fully saturated rings. The van der Waals surface area contributed by atoms with Crippen molar-refractivity contribution in [3.05, 3.63) is 64.8 Å². The lowest BCUT2D eigenvalue weighted by molar-refractivity contribution is 0.192. The minimum atomic E-state index is -0.329. The van der Waals surface area contributed by atoms with Crippen LogP contribution in [-0.2, 0) is 6.54 Å². The van der Waals surface area contributed by atoms with Gasteiger partial charge in [0.25, 0.3) is 0 Å². The highest BCUT2D eigenvalue weighted by Crippen LogP contribution is 2.35. The summed E-state index contributed by atoms with van der Waals surface area (Å²) in [5.74, 6) is 0.786. The number of rotatable bonds is 4. The zero-order chi connectivity index (χ0) is 17.2. The van der Waals surface area contributed by atoms with E-state index in [1.54, 1.807) is 22.9 Å². The molecular weight excluding hydrogens is 334 g/mol. The van der Waals surface area contributed by atoms with Crippen LogP contribution in [0.1, 0.15) is 18.5 Å². The summed E-state index contributed by atoms with van der Waals surface area (Å²) in [4.78, 5) is 18.9. The van der Waals surface area contributed by atoms with Crippen molar-refractivity contribution in [2.75, 3.05) is 18.8 Å². The largest absolute Gasteiger partial charge is 0.421 e. The van der Waals surface area contributed by atoms with Gasteiger partial charge in [0.1, 0.15) is 0 Å². The Morgan fingerprint density at radius 2 is 2.04 bits per heavy atom. The van der Waals surface area contributed by atoms with Crippen molar-refractivity contribution >= 4 is 23.0 Å². The minimum absolute atomic E-state index is 0.329. The first-order valence-corrected chi connectivity index (χ1v) is 9.64. The van der Waals surface area contributed by atoms with Crippen molar-refractivity contribution in [2.24, 2.45) is 0 Å². The van der Waals surface area contributed by atoms with Crippen molar-refractivity contribution < 1.29 is 4.42 Å². The predicted molar refractivity (Wildman–Crippen MR) is 101 cm³/mol. The summed E-state index contributed by atoms with van der Waals surface area (Å²) in [7, 11) is 0. The SMILES string of the molecule is CC1SCCN(CCn2c(=O)oc3cccnc32)C1c1ccccc1. The molecule has 1 aromatic carbocycles. The van der Waals surface area contributed by atoms with E-state index in [-0.39, 0.29) is 5.76 Å². The Balaban J connectivity index is 1.58. The predicted octanol–water partition coefficient (Wildman–Crippen LogP) is 3.17. The molecule has 130 valence electrons. The molecule has 0 amide bonds. The molecule has 2 unspecified atom stereocenters. The summed E-state index contributed by atoms with van der Waals surface area (Å²) >= 11 is 2.01. The normalized spacial score (nSPS) is 21.6. The first kappa shape index (κ1) is 16.4. The summed E-state index contributed by atoms with van der Waals surface area (Å²) in [6.45, 7) is 4.70. The highest BCUT2D eigenvalue weighted by molar-refractivity contribution is 8.00. The maximum Gasteiger partial charge on any atom is 0.421 e. The Labute approximate surface area is 150 Å². The van der Waals surface area contributed by atoms with Crippen molar-refractivity contribution in [1.82, 2.24) is 14.5 Å². The highest BCUT2D eigenvalue weighted by Gasteiger charge is 2.30. The van der Waals surface area contributed by atoms with Gasteiger partial charge < -0.3 is 4.42 Å². The summed E-state index contributed by atoms with van der Waals surface area (Å²) < 4.78 is 6.94. The second-order valence-corrected chi connectivity index (χ2v) is 7.80. The van der Waals surface area contributed by atoms with E-state index in [2.05, 4.69) is 47.1 Å². The second kappa shape index (κ2) is 7.06. The second-order valence-electron chi connectivity index (χ2n) is 6.31. The lowest BCUT2D eigenvalue weighted by Gasteiger charge is -2.40. The molecule has 0 saturated carbocycles. The number of aromatic nitrogens is 2. The average Bonchev–Trinajstić information content (AvgIpc) is 2.96. The van der Waals surface area contributed by atoms with Crippen LogP contribution < -0.4 is 5.76 Å². The van der Waals surface area contributed by atoms with Crippen LogP contribution in [0.3, 0.4) is 0 Å². The molecule has 2 aromatic heterocycles. The molecule has 0 N–H and O–H groups in total. The molecule has 1 aliphatic rings. The topological polar surface area (TPSA) is 51.3 Å². The molecule has 3 heterocycles. The first-order valence-electron chi connectivity index (χ1n) is 8.59. The van der Waals surface area contributed by atoms with Gasteiger partial charge >= 0.3 is 5.76 Å². The number of thioether (sulfide) groups is 1. The third-order valence-electron chi connectivity index (χ3n) is 4.77. The fourth-order valence-corrected chi connectivity index (χ4v) is 4.82. The van der Waals surface area contributed by atoms with Gasteiger partial charge in [-0.15, -0.1) is 0 Å². The zero-order valence-corrected chi connectivity index (χ0v) is 15.0. The summed E-state index contributed by atoms with van der Waals surface area (Å²) in [5, 5.41) is 0.520. The van der Waals surface area contributed by atoms with Crippen LogP contribution in [0.25, 0.3) is 11.2 Å². The molecule has 4 rings (SSSR count). The third-order valence-corrected chi connectivity index (χ3v) is 5.98. The van der Waals surface area contributed by atoms with Crippen LogP contribution in [0.4, 0.5) is 0 Å². The lowest BCUT2D eigenvalue weighted by Crippen LogP contribution is -2.42. The first-order chi connectivity index (χ1) is 12.2. The smallest absolute Gasteiger partial charge is 0.406 e. The van der Waals surface area contributed by atoms with Gasteiger partial charge in [0.05, 0.1) is 0 Å². The van der Waals surface area contributed by atoms with Crippen LogP contribution in [0.5, 0.6) is 0 Å². The van der Waals surface area contributed by atoms with E-state index in [1.165, 1.54) is 5.56 Å². The fraction of sp³-hybridized carbons (Fsp3) is 0.368. The molecule has 0 aliphatic carbocycles. The van der Waals surface area contributed by atoms with Crippen LogP contribution in [0, 0.1) is 0 Å². The van der Waals surface area contributed by atoms with Crippen molar-refractivity contribution in [2.45, 2.75) is 24.8 Å². The average molecular weight is 355 g/mol. The Bertz CT molecular complexity index is 906. The van der Waals surface area contributed by atoms with Crippen LogP contribution in [0.2, 0.25) is 0 Å². The van der Waals surface area contributed by atoms with Gasteiger partial charge in [-0.1, -0.05) is 37.3 Å². The monoisotopic (exact) mass is 355 g/mol. The quantitative estimate of drug-likeness (QED) is 0.719. The van der Waals surface area contributed by atoms with E-state index < -0.39 is 0 Å². The van der Waals surface area contributed by atoms with Gasteiger partial charge in [-0.05, 0) is 17.7 Å². The Morgan fingerprint density at radius 3 is 2.88 bits per heavy atom. The van der Waals surface area contributed by atoms with E-state index in [9.17, 15) is 4.79 Å². The Hall–Kier alpha value is -2.05. The third kappa shape index (κ3) is 3.24. The number of pyridine rings is 1. The van der Waals surface area contributed by atoms with E-state index in [0.717, 1.165) is 18.8 Å². The molecule has 0 radical (unpaired) electrons. The number of fused-ring (bicyclic) bond motifs is 1. The zero-order valence-electron chi connectivity index (χ0n) is 14.2. The number of oxazole rings is 1. The highest BCUT2D eigenvalue weighted by atomic mass is 32.2. The number of hydrogen-bond donors (Lipinski definition) is 0. The van der Waals surface area contributed by atoms with E-state index in [4.69, 9.17) is 4.42 Å². The van der Waals surface area contributed by atoms with E-state index in [1.807, 2.05) is 11.8 Å². The van der Waals surface area contributed by atoms with Crippen LogP contribution >= 0.6 is 11.8 Å². The lowest BCUT2D eigenvalue weighted by atomic mass is 10.0. The molecule has 3 aromatic rings.